The maximum Gasteiger partial charge on any atom is 0.242 e. The van der Waals surface area contributed by atoms with Crippen LogP contribution in [0.15, 0.2) is 47.4 Å². The third-order valence-corrected chi connectivity index (χ3v) is 5.44. The Morgan fingerprint density at radius 1 is 1.10 bits per heavy atom. The molecule has 0 amide bonds. The van der Waals surface area contributed by atoms with E-state index in [0.29, 0.717) is 0 Å². The van der Waals surface area contributed by atoms with Crippen LogP contribution in [0.5, 0.6) is 0 Å². The second-order valence-electron chi connectivity index (χ2n) is 4.53. The Labute approximate surface area is 133 Å². The summed E-state index contributed by atoms with van der Waals surface area (Å²) in [5.41, 5.74) is 6.56. The van der Waals surface area contributed by atoms with Gasteiger partial charge in [-0.2, -0.15) is 0 Å². The number of hydrogen-bond acceptors (Lipinski definition) is 3. The molecular formula is C14H14Cl2N2O2S. The van der Waals surface area contributed by atoms with Crippen molar-refractivity contribution < 1.29 is 8.42 Å². The van der Waals surface area contributed by atoms with E-state index in [1.807, 2.05) is 30.3 Å². The number of halogens is 2. The van der Waals surface area contributed by atoms with Crippen molar-refractivity contribution in [2.75, 3.05) is 5.73 Å². The predicted molar refractivity (Wildman–Crippen MR) is 86.1 cm³/mol. The number of nitrogens with two attached hydrogens (primary N) is 1. The van der Waals surface area contributed by atoms with Crippen LogP contribution in [0.2, 0.25) is 10.0 Å². The summed E-state index contributed by atoms with van der Waals surface area (Å²) in [6, 6.07) is 11.6. The standard InChI is InChI=1S/C14H14Cl2N2O2S/c1-9(10-5-3-2-4-6-10)18-21(19,20)12-8-7-11(15)14(17)13(12)16/h2-9,18H,17H2,1H3/t9-/m0/s1. The molecule has 0 heterocycles. The molecule has 0 aromatic heterocycles. The highest BCUT2D eigenvalue weighted by atomic mass is 35.5. The van der Waals surface area contributed by atoms with E-state index >= 15 is 0 Å². The summed E-state index contributed by atoms with van der Waals surface area (Å²) in [5.74, 6) is 0. The first kappa shape index (κ1) is 16.1. The molecule has 0 aliphatic heterocycles. The molecule has 0 radical (unpaired) electrons. The Morgan fingerprint density at radius 2 is 1.71 bits per heavy atom. The zero-order valence-corrected chi connectivity index (χ0v) is 13.5. The van der Waals surface area contributed by atoms with E-state index in [-0.39, 0.29) is 20.6 Å². The van der Waals surface area contributed by atoms with Gasteiger partial charge in [0.2, 0.25) is 10.0 Å². The second-order valence-corrected chi connectivity index (χ2v) is 6.99. The van der Waals surface area contributed by atoms with E-state index in [2.05, 4.69) is 4.72 Å². The fourth-order valence-electron chi connectivity index (χ4n) is 1.86. The Balaban J connectivity index is 2.33. The first-order valence-electron chi connectivity index (χ1n) is 6.13. The van der Waals surface area contributed by atoms with Crippen LogP contribution in [0.4, 0.5) is 5.69 Å². The quantitative estimate of drug-likeness (QED) is 0.832. The Hall–Kier alpha value is -1.27. The summed E-state index contributed by atoms with van der Waals surface area (Å²) in [7, 11) is -3.80. The number of benzene rings is 2. The van der Waals surface area contributed by atoms with Gasteiger partial charge < -0.3 is 5.73 Å². The normalized spacial score (nSPS) is 13.1. The van der Waals surface area contributed by atoms with E-state index < -0.39 is 16.1 Å². The molecule has 0 saturated heterocycles. The molecular weight excluding hydrogens is 331 g/mol. The van der Waals surface area contributed by atoms with E-state index in [1.165, 1.54) is 12.1 Å². The van der Waals surface area contributed by atoms with Gasteiger partial charge in [-0.15, -0.1) is 0 Å². The number of sulfonamides is 1. The SMILES string of the molecule is C[C@H](NS(=O)(=O)c1ccc(Cl)c(N)c1Cl)c1ccccc1. The van der Waals surface area contributed by atoms with Crippen LogP contribution in [0.1, 0.15) is 18.5 Å². The topological polar surface area (TPSA) is 72.2 Å². The molecule has 0 unspecified atom stereocenters. The molecule has 21 heavy (non-hydrogen) atoms. The third kappa shape index (κ3) is 3.49. The Kier molecular flexibility index (Phi) is 4.78. The largest absolute Gasteiger partial charge is 0.396 e. The Morgan fingerprint density at radius 3 is 2.33 bits per heavy atom. The van der Waals surface area contributed by atoms with Gasteiger partial charge in [-0.1, -0.05) is 53.5 Å². The highest BCUT2D eigenvalue weighted by molar-refractivity contribution is 7.89. The minimum Gasteiger partial charge on any atom is -0.396 e. The van der Waals surface area contributed by atoms with Gasteiger partial charge >= 0.3 is 0 Å². The summed E-state index contributed by atoms with van der Waals surface area (Å²) < 4.78 is 27.4. The maximum atomic E-state index is 12.4. The lowest BCUT2D eigenvalue weighted by Gasteiger charge is -2.16. The highest BCUT2D eigenvalue weighted by Gasteiger charge is 2.23. The lowest BCUT2D eigenvalue weighted by atomic mass is 10.1. The minimum atomic E-state index is -3.80. The van der Waals surface area contributed by atoms with Crippen molar-refractivity contribution in [3.05, 3.63) is 58.1 Å². The zero-order valence-electron chi connectivity index (χ0n) is 11.2. The van der Waals surface area contributed by atoms with Crippen LogP contribution < -0.4 is 10.5 Å². The van der Waals surface area contributed by atoms with Crippen molar-refractivity contribution in [1.29, 1.82) is 0 Å². The van der Waals surface area contributed by atoms with E-state index in [9.17, 15) is 8.42 Å². The zero-order chi connectivity index (χ0) is 15.6. The van der Waals surface area contributed by atoms with Crippen LogP contribution in [0, 0.1) is 0 Å². The van der Waals surface area contributed by atoms with Crippen molar-refractivity contribution in [3.8, 4) is 0 Å². The molecule has 0 saturated carbocycles. The van der Waals surface area contributed by atoms with Gasteiger partial charge in [0.1, 0.15) is 4.90 Å². The third-order valence-electron chi connectivity index (χ3n) is 3.01. The van der Waals surface area contributed by atoms with Crippen LogP contribution in [0.3, 0.4) is 0 Å². The number of hydrogen-bond donors (Lipinski definition) is 2. The first-order valence-corrected chi connectivity index (χ1v) is 8.37. The molecule has 0 bridgehead atoms. The molecule has 0 aliphatic rings. The van der Waals surface area contributed by atoms with Crippen molar-refractivity contribution in [1.82, 2.24) is 4.72 Å². The van der Waals surface area contributed by atoms with Crippen molar-refractivity contribution >= 4 is 38.9 Å². The van der Waals surface area contributed by atoms with Gasteiger partial charge in [0.05, 0.1) is 15.7 Å². The highest BCUT2D eigenvalue weighted by Crippen LogP contribution is 2.33. The van der Waals surface area contributed by atoms with Gasteiger partial charge in [0.15, 0.2) is 0 Å². The second kappa shape index (κ2) is 6.23. The number of nitrogens with one attached hydrogen (secondary N) is 1. The molecule has 4 nitrogen and oxygen atoms in total. The summed E-state index contributed by atoms with van der Waals surface area (Å²) in [4.78, 5) is -0.0890. The first-order chi connectivity index (χ1) is 9.83. The summed E-state index contributed by atoms with van der Waals surface area (Å²) in [6.07, 6.45) is 0. The summed E-state index contributed by atoms with van der Waals surface area (Å²) >= 11 is 11.8. The van der Waals surface area contributed by atoms with Crippen molar-refractivity contribution in [2.45, 2.75) is 17.9 Å². The predicted octanol–water partition coefficient (Wildman–Crippen LogP) is 3.62. The molecule has 0 fully saturated rings. The molecule has 2 aromatic rings. The molecule has 0 spiro atoms. The Bertz CT molecular complexity index is 749. The summed E-state index contributed by atoms with van der Waals surface area (Å²) in [5, 5.41) is 0.144. The van der Waals surface area contributed by atoms with Crippen LogP contribution in [0.25, 0.3) is 0 Å². The number of nitrogen functional groups attached to an aromatic ring is 1. The molecule has 0 aliphatic carbocycles. The van der Waals surface area contributed by atoms with E-state index in [4.69, 9.17) is 28.9 Å². The van der Waals surface area contributed by atoms with Crippen LogP contribution >= 0.6 is 23.2 Å². The van der Waals surface area contributed by atoms with Gasteiger partial charge in [0, 0.05) is 6.04 Å². The molecule has 2 aromatic carbocycles. The molecule has 1 atom stereocenters. The van der Waals surface area contributed by atoms with Gasteiger partial charge in [0.25, 0.3) is 0 Å². The minimum absolute atomic E-state index is 0.0496. The maximum absolute atomic E-state index is 12.4. The average molecular weight is 345 g/mol. The number of anilines is 1. The fraction of sp³-hybridized carbons (Fsp3) is 0.143. The van der Waals surface area contributed by atoms with Gasteiger partial charge in [-0.3, -0.25) is 0 Å². The van der Waals surface area contributed by atoms with E-state index in [1.54, 1.807) is 6.92 Å². The average Bonchev–Trinajstić information content (AvgIpc) is 2.45. The molecule has 112 valence electrons. The molecule has 2 rings (SSSR count). The molecule has 3 N–H and O–H groups in total. The van der Waals surface area contributed by atoms with Crippen molar-refractivity contribution in [2.24, 2.45) is 0 Å². The van der Waals surface area contributed by atoms with E-state index in [0.717, 1.165) is 5.56 Å². The monoisotopic (exact) mass is 344 g/mol. The lowest BCUT2D eigenvalue weighted by Crippen LogP contribution is -2.27. The molecule has 7 heteroatoms. The smallest absolute Gasteiger partial charge is 0.242 e. The van der Waals surface area contributed by atoms with Gasteiger partial charge in [-0.25, -0.2) is 13.1 Å². The van der Waals surface area contributed by atoms with Crippen LogP contribution in [-0.2, 0) is 10.0 Å². The van der Waals surface area contributed by atoms with Gasteiger partial charge in [-0.05, 0) is 24.6 Å². The summed E-state index contributed by atoms with van der Waals surface area (Å²) in [6.45, 7) is 1.75. The fourth-order valence-corrected chi connectivity index (χ4v) is 3.86. The number of rotatable bonds is 4. The van der Waals surface area contributed by atoms with Crippen molar-refractivity contribution in [3.63, 3.8) is 0 Å². The lowest BCUT2D eigenvalue weighted by molar-refractivity contribution is 0.567. The van der Waals surface area contributed by atoms with Crippen LogP contribution in [-0.4, -0.2) is 8.42 Å².